The smallest absolute Gasteiger partial charge is 0.0320 e. The molecular weight excluding hydrogens is 230 g/mol. The van der Waals surface area contributed by atoms with Crippen molar-refractivity contribution in [3.05, 3.63) is 34.9 Å². The van der Waals surface area contributed by atoms with E-state index in [9.17, 15) is 0 Å². The molecule has 1 aromatic rings. The summed E-state index contributed by atoms with van der Waals surface area (Å²) in [5, 5.41) is 3.51. The molecule has 0 fully saturated rings. The Morgan fingerprint density at radius 3 is 2.37 bits per heavy atom. The first kappa shape index (κ1) is 16.2. The van der Waals surface area contributed by atoms with Crippen molar-refractivity contribution in [1.29, 1.82) is 0 Å². The van der Waals surface area contributed by atoms with Gasteiger partial charge in [-0.1, -0.05) is 57.7 Å². The standard InChI is InChI=1S/C18H31N/c1-6-8-9-16(7-2)13-18(19-5)17-11-10-14(3)15(4)12-17/h10-12,16,18-19H,6-9,13H2,1-5H3. The quantitative estimate of drug-likeness (QED) is 0.680. The van der Waals surface area contributed by atoms with E-state index in [-0.39, 0.29) is 0 Å². The molecule has 108 valence electrons. The van der Waals surface area contributed by atoms with Crippen LogP contribution >= 0.6 is 0 Å². The Hall–Kier alpha value is -0.820. The second-order valence-electron chi connectivity index (χ2n) is 5.84. The Morgan fingerprint density at radius 1 is 1.11 bits per heavy atom. The SMILES string of the molecule is CCCCC(CC)CC(NC)c1ccc(C)c(C)c1. The zero-order chi connectivity index (χ0) is 14.3. The van der Waals surface area contributed by atoms with Crippen LogP contribution < -0.4 is 5.32 Å². The lowest BCUT2D eigenvalue weighted by molar-refractivity contribution is 0.365. The molecule has 0 spiro atoms. The molecule has 1 aromatic carbocycles. The van der Waals surface area contributed by atoms with Crippen molar-refractivity contribution in [1.82, 2.24) is 5.32 Å². The van der Waals surface area contributed by atoms with Gasteiger partial charge in [0.1, 0.15) is 0 Å². The van der Waals surface area contributed by atoms with Crippen LogP contribution in [0.3, 0.4) is 0 Å². The molecule has 0 aliphatic heterocycles. The molecule has 0 aliphatic rings. The average molecular weight is 261 g/mol. The van der Waals surface area contributed by atoms with E-state index in [1.54, 1.807) is 0 Å². The Kier molecular flexibility index (Phi) is 7.15. The van der Waals surface area contributed by atoms with E-state index in [1.807, 2.05) is 0 Å². The summed E-state index contributed by atoms with van der Waals surface area (Å²) >= 11 is 0. The molecular formula is C18H31N. The molecule has 0 saturated carbocycles. The molecule has 19 heavy (non-hydrogen) atoms. The summed E-state index contributed by atoms with van der Waals surface area (Å²) in [4.78, 5) is 0. The fourth-order valence-electron chi connectivity index (χ4n) is 2.72. The minimum Gasteiger partial charge on any atom is -0.313 e. The Morgan fingerprint density at radius 2 is 1.84 bits per heavy atom. The normalized spacial score (nSPS) is 14.4. The van der Waals surface area contributed by atoms with Crippen molar-refractivity contribution in [3.8, 4) is 0 Å². The van der Waals surface area contributed by atoms with Gasteiger partial charge in [-0.3, -0.25) is 0 Å². The number of unbranched alkanes of at least 4 members (excludes halogenated alkanes) is 1. The maximum Gasteiger partial charge on any atom is 0.0320 e. The van der Waals surface area contributed by atoms with Crippen LogP contribution in [0.1, 0.15) is 68.7 Å². The lowest BCUT2D eigenvalue weighted by Gasteiger charge is -2.23. The van der Waals surface area contributed by atoms with Crippen LogP contribution in [0.25, 0.3) is 0 Å². The van der Waals surface area contributed by atoms with E-state index in [0.717, 1.165) is 5.92 Å². The van der Waals surface area contributed by atoms with Crippen molar-refractivity contribution in [2.45, 2.75) is 65.8 Å². The third-order valence-corrected chi connectivity index (χ3v) is 4.39. The van der Waals surface area contributed by atoms with Gasteiger partial charge < -0.3 is 5.32 Å². The van der Waals surface area contributed by atoms with Gasteiger partial charge in [0, 0.05) is 6.04 Å². The number of rotatable bonds is 8. The number of hydrogen-bond acceptors (Lipinski definition) is 1. The lowest BCUT2D eigenvalue weighted by Crippen LogP contribution is -2.20. The first-order valence-corrected chi connectivity index (χ1v) is 7.86. The highest BCUT2D eigenvalue weighted by atomic mass is 14.9. The minimum atomic E-state index is 0.501. The van der Waals surface area contributed by atoms with Gasteiger partial charge in [-0.25, -0.2) is 0 Å². The maximum atomic E-state index is 3.51. The van der Waals surface area contributed by atoms with Gasteiger partial charge in [-0.05, 0) is 49.9 Å². The average Bonchev–Trinajstić information content (AvgIpc) is 2.42. The van der Waals surface area contributed by atoms with Crippen LogP contribution in [0.2, 0.25) is 0 Å². The van der Waals surface area contributed by atoms with Gasteiger partial charge in [0.05, 0.1) is 0 Å². The number of hydrogen-bond donors (Lipinski definition) is 1. The molecule has 1 rings (SSSR count). The third kappa shape index (κ3) is 4.99. The molecule has 1 nitrogen and oxygen atoms in total. The van der Waals surface area contributed by atoms with Crippen LogP contribution in [0, 0.1) is 19.8 Å². The van der Waals surface area contributed by atoms with Crippen LogP contribution in [-0.4, -0.2) is 7.05 Å². The van der Waals surface area contributed by atoms with Crippen molar-refractivity contribution >= 4 is 0 Å². The molecule has 1 heteroatoms. The summed E-state index contributed by atoms with van der Waals surface area (Å²) < 4.78 is 0. The van der Waals surface area contributed by atoms with Crippen molar-refractivity contribution in [3.63, 3.8) is 0 Å². The van der Waals surface area contributed by atoms with Gasteiger partial charge in [0.2, 0.25) is 0 Å². The molecule has 0 amide bonds. The largest absolute Gasteiger partial charge is 0.313 e. The zero-order valence-electron chi connectivity index (χ0n) is 13.4. The monoisotopic (exact) mass is 261 g/mol. The maximum absolute atomic E-state index is 3.51. The van der Waals surface area contributed by atoms with Crippen molar-refractivity contribution in [2.24, 2.45) is 5.92 Å². The van der Waals surface area contributed by atoms with E-state index >= 15 is 0 Å². The molecule has 1 N–H and O–H groups in total. The molecule has 2 atom stereocenters. The van der Waals surface area contributed by atoms with Crippen LogP contribution in [0.4, 0.5) is 0 Å². The van der Waals surface area contributed by atoms with Crippen LogP contribution in [0.15, 0.2) is 18.2 Å². The van der Waals surface area contributed by atoms with E-state index in [0.29, 0.717) is 6.04 Å². The topological polar surface area (TPSA) is 12.0 Å². The second-order valence-corrected chi connectivity index (χ2v) is 5.84. The van der Waals surface area contributed by atoms with Gasteiger partial charge in [0.25, 0.3) is 0 Å². The predicted molar refractivity (Wildman–Crippen MR) is 85.6 cm³/mol. The van der Waals surface area contributed by atoms with Crippen molar-refractivity contribution in [2.75, 3.05) is 7.05 Å². The van der Waals surface area contributed by atoms with Gasteiger partial charge in [-0.2, -0.15) is 0 Å². The van der Waals surface area contributed by atoms with Gasteiger partial charge in [0.15, 0.2) is 0 Å². The van der Waals surface area contributed by atoms with E-state index in [1.165, 1.54) is 48.8 Å². The molecule has 0 saturated heterocycles. The van der Waals surface area contributed by atoms with Gasteiger partial charge in [-0.15, -0.1) is 0 Å². The predicted octanol–water partition coefficient (Wildman–Crippen LogP) is 5.17. The first-order valence-electron chi connectivity index (χ1n) is 7.86. The fraction of sp³-hybridized carbons (Fsp3) is 0.667. The first-order chi connectivity index (χ1) is 9.12. The number of aryl methyl sites for hydroxylation is 2. The highest BCUT2D eigenvalue weighted by Crippen LogP contribution is 2.27. The van der Waals surface area contributed by atoms with E-state index < -0.39 is 0 Å². The molecule has 0 aromatic heterocycles. The van der Waals surface area contributed by atoms with E-state index in [4.69, 9.17) is 0 Å². The fourth-order valence-corrected chi connectivity index (χ4v) is 2.72. The number of benzene rings is 1. The third-order valence-electron chi connectivity index (χ3n) is 4.39. The summed E-state index contributed by atoms with van der Waals surface area (Å²) in [6, 6.07) is 7.39. The van der Waals surface area contributed by atoms with Crippen molar-refractivity contribution < 1.29 is 0 Å². The summed E-state index contributed by atoms with van der Waals surface area (Å²) in [6.07, 6.45) is 6.60. The highest BCUT2D eigenvalue weighted by Gasteiger charge is 2.15. The molecule has 0 aliphatic carbocycles. The molecule has 0 heterocycles. The highest BCUT2D eigenvalue weighted by molar-refractivity contribution is 5.31. The van der Waals surface area contributed by atoms with Gasteiger partial charge >= 0.3 is 0 Å². The zero-order valence-corrected chi connectivity index (χ0v) is 13.4. The van der Waals surface area contributed by atoms with E-state index in [2.05, 4.69) is 58.3 Å². The molecule has 0 radical (unpaired) electrons. The lowest BCUT2D eigenvalue weighted by atomic mass is 9.88. The Labute approximate surface area is 119 Å². The van der Waals surface area contributed by atoms with Crippen LogP contribution in [0.5, 0.6) is 0 Å². The summed E-state index contributed by atoms with van der Waals surface area (Å²) in [6.45, 7) is 9.00. The Balaban J connectivity index is 2.72. The second kappa shape index (κ2) is 8.37. The summed E-state index contributed by atoms with van der Waals surface area (Å²) in [5.41, 5.74) is 4.23. The Bertz CT molecular complexity index is 370. The summed E-state index contributed by atoms with van der Waals surface area (Å²) in [7, 11) is 2.09. The molecule has 2 unspecified atom stereocenters. The number of nitrogens with one attached hydrogen (secondary N) is 1. The van der Waals surface area contributed by atoms with Crippen LogP contribution in [-0.2, 0) is 0 Å². The minimum absolute atomic E-state index is 0.501. The summed E-state index contributed by atoms with van der Waals surface area (Å²) in [5.74, 6) is 0.846. The molecule has 0 bridgehead atoms.